The van der Waals surface area contributed by atoms with Gasteiger partial charge in [0.15, 0.2) is 6.61 Å². The molecule has 0 aliphatic carbocycles. The van der Waals surface area contributed by atoms with E-state index in [1.807, 2.05) is 16.8 Å². The number of aromatic nitrogens is 2. The Kier molecular flexibility index (Phi) is 7.08. The van der Waals surface area contributed by atoms with Gasteiger partial charge < -0.3 is 14.6 Å². The van der Waals surface area contributed by atoms with Gasteiger partial charge in [0, 0.05) is 31.2 Å². The number of amides is 1. The van der Waals surface area contributed by atoms with Crippen molar-refractivity contribution in [1.82, 2.24) is 14.9 Å². The Hall–Kier alpha value is -3.33. The number of hydrogen-bond acceptors (Lipinski definition) is 5. The van der Waals surface area contributed by atoms with E-state index in [9.17, 15) is 13.2 Å². The molecule has 0 spiro atoms. The molecule has 2 aromatic carbocycles. The zero-order valence-electron chi connectivity index (χ0n) is 16.6. The summed E-state index contributed by atoms with van der Waals surface area (Å²) in [5.41, 5.74) is 1.11. The lowest BCUT2D eigenvalue weighted by Crippen LogP contribution is -2.30. The number of nitrogens with one attached hydrogen (secondary N) is 2. The van der Waals surface area contributed by atoms with Gasteiger partial charge in [0.25, 0.3) is 15.9 Å². The standard InChI is InChI=1S/C21H24N4O4S/c1-17-14-19(30(27,28)24-18-6-3-2-4-7-18)8-9-20(17)29-15-21(26)23-10-5-12-25-13-11-22-16-25/h2-4,6-9,11,13-14,16,24H,5,10,12,15H2,1H3,(H,23,26). The van der Waals surface area contributed by atoms with Gasteiger partial charge in [-0.2, -0.15) is 0 Å². The van der Waals surface area contributed by atoms with Gasteiger partial charge in [-0.3, -0.25) is 9.52 Å². The molecule has 0 saturated carbocycles. The molecule has 1 aromatic heterocycles. The van der Waals surface area contributed by atoms with Crippen molar-refractivity contribution in [2.24, 2.45) is 0 Å². The molecule has 2 N–H and O–H groups in total. The van der Waals surface area contributed by atoms with Gasteiger partial charge in [0.1, 0.15) is 5.75 Å². The predicted octanol–water partition coefficient (Wildman–Crippen LogP) is 2.58. The average Bonchev–Trinajstić information content (AvgIpc) is 3.24. The topological polar surface area (TPSA) is 102 Å². The summed E-state index contributed by atoms with van der Waals surface area (Å²) in [7, 11) is -3.71. The Morgan fingerprint density at radius 3 is 2.67 bits per heavy atom. The highest BCUT2D eigenvalue weighted by molar-refractivity contribution is 7.92. The minimum Gasteiger partial charge on any atom is -0.484 e. The van der Waals surface area contributed by atoms with E-state index in [1.165, 1.54) is 12.1 Å². The van der Waals surface area contributed by atoms with Crippen molar-refractivity contribution in [3.8, 4) is 5.75 Å². The summed E-state index contributed by atoms with van der Waals surface area (Å²) in [6.07, 6.45) is 6.09. The number of sulfonamides is 1. The van der Waals surface area contributed by atoms with E-state index in [1.54, 1.807) is 49.8 Å². The lowest BCUT2D eigenvalue weighted by Gasteiger charge is -2.12. The summed E-state index contributed by atoms with van der Waals surface area (Å²) in [5.74, 6) is 0.227. The molecule has 0 aliphatic rings. The van der Waals surface area contributed by atoms with Gasteiger partial charge >= 0.3 is 0 Å². The van der Waals surface area contributed by atoms with Crippen LogP contribution in [0, 0.1) is 6.92 Å². The SMILES string of the molecule is Cc1cc(S(=O)(=O)Nc2ccccc2)ccc1OCC(=O)NCCCn1ccnc1. The number of nitrogens with zero attached hydrogens (tertiary/aromatic N) is 2. The van der Waals surface area contributed by atoms with Crippen LogP contribution in [0.2, 0.25) is 0 Å². The van der Waals surface area contributed by atoms with E-state index in [2.05, 4.69) is 15.0 Å². The number of anilines is 1. The van der Waals surface area contributed by atoms with Crippen LogP contribution in [-0.4, -0.2) is 37.0 Å². The third-order valence-corrected chi connectivity index (χ3v) is 5.69. The van der Waals surface area contributed by atoms with Crippen LogP contribution < -0.4 is 14.8 Å². The monoisotopic (exact) mass is 428 g/mol. The molecule has 30 heavy (non-hydrogen) atoms. The van der Waals surface area contributed by atoms with Crippen LogP contribution in [0.25, 0.3) is 0 Å². The molecule has 1 heterocycles. The first kappa shape index (κ1) is 21.4. The molecule has 9 heteroatoms. The molecular formula is C21H24N4O4S. The van der Waals surface area contributed by atoms with Gasteiger partial charge in [-0.05, 0) is 49.2 Å². The van der Waals surface area contributed by atoms with Crippen molar-refractivity contribution in [3.63, 3.8) is 0 Å². The number of rotatable bonds is 10. The lowest BCUT2D eigenvalue weighted by atomic mass is 10.2. The number of para-hydroxylation sites is 1. The van der Waals surface area contributed by atoms with Crippen LogP contribution in [0.5, 0.6) is 5.75 Å². The van der Waals surface area contributed by atoms with E-state index >= 15 is 0 Å². The fourth-order valence-electron chi connectivity index (χ4n) is 2.77. The first-order valence-corrected chi connectivity index (χ1v) is 11.0. The van der Waals surface area contributed by atoms with Crippen LogP contribution >= 0.6 is 0 Å². The van der Waals surface area contributed by atoms with E-state index in [4.69, 9.17) is 4.74 Å². The maximum absolute atomic E-state index is 12.5. The highest BCUT2D eigenvalue weighted by Crippen LogP contribution is 2.23. The number of carbonyl (C=O) groups excluding carboxylic acids is 1. The Labute approximate surface area is 176 Å². The average molecular weight is 429 g/mol. The lowest BCUT2D eigenvalue weighted by molar-refractivity contribution is -0.123. The largest absolute Gasteiger partial charge is 0.484 e. The molecule has 0 saturated heterocycles. The van der Waals surface area contributed by atoms with Crippen LogP contribution in [0.3, 0.4) is 0 Å². The normalized spacial score (nSPS) is 11.1. The molecule has 8 nitrogen and oxygen atoms in total. The van der Waals surface area contributed by atoms with E-state index < -0.39 is 10.0 Å². The van der Waals surface area contributed by atoms with Gasteiger partial charge in [-0.25, -0.2) is 13.4 Å². The number of aryl methyl sites for hydroxylation is 2. The first-order valence-electron chi connectivity index (χ1n) is 9.48. The number of hydrogen-bond donors (Lipinski definition) is 2. The number of ether oxygens (including phenoxy) is 1. The molecular weight excluding hydrogens is 404 g/mol. The second-order valence-corrected chi connectivity index (χ2v) is 8.37. The minimum absolute atomic E-state index is 0.125. The molecule has 0 atom stereocenters. The number of benzene rings is 2. The highest BCUT2D eigenvalue weighted by atomic mass is 32.2. The van der Waals surface area contributed by atoms with Gasteiger partial charge in [0.2, 0.25) is 0 Å². The van der Waals surface area contributed by atoms with Gasteiger partial charge in [-0.1, -0.05) is 18.2 Å². The Morgan fingerprint density at radius 1 is 1.17 bits per heavy atom. The van der Waals surface area contributed by atoms with E-state index in [-0.39, 0.29) is 17.4 Å². The first-order chi connectivity index (χ1) is 14.4. The Bertz CT molecular complexity index is 1070. The summed E-state index contributed by atoms with van der Waals surface area (Å²) in [6, 6.07) is 13.2. The number of carbonyl (C=O) groups is 1. The fourth-order valence-corrected chi connectivity index (χ4v) is 3.92. The molecule has 3 rings (SSSR count). The minimum atomic E-state index is -3.71. The predicted molar refractivity (Wildman–Crippen MR) is 114 cm³/mol. The smallest absolute Gasteiger partial charge is 0.261 e. The van der Waals surface area contributed by atoms with Crippen molar-refractivity contribution in [2.45, 2.75) is 24.8 Å². The van der Waals surface area contributed by atoms with E-state index in [0.717, 1.165) is 13.0 Å². The molecule has 3 aromatic rings. The molecule has 0 bridgehead atoms. The summed E-state index contributed by atoms with van der Waals surface area (Å²) in [6.45, 7) is 2.90. The summed E-state index contributed by atoms with van der Waals surface area (Å²) in [4.78, 5) is 16.0. The van der Waals surface area contributed by atoms with Gasteiger partial charge in [-0.15, -0.1) is 0 Å². The molecule has 0 fully saturated rings. The quantitative estimate of drug-likeness (QED) is 0.483. The van der Waals surface area contributed by atoms with Crippen LogP contribution in [0.4, 0.5) is 5.69 Å². The van der Waals surface area contributed by atoms with E-state index in [0.29, 0.717) is 23.5 Å². The maximum atomic E-state index is 12.5. The van der Waals surface area contributed by atoms with Crippen LogP contribution in [-0.2, 0) is 21.4 Å². The Morgan fingerprint density at radius 2 is 1.97 bits per heavy atom. The van der Waals surface area contributed by atoms with Crippen molar-refractivity contribution in [3.05, 3.63) is 72.8 Å². The zero-order chi connectivity index (χ0) is 21.4. The van der Waals surface area contributed by atoms with Crippen molar-refractivity contribution in [1.29, 1.82) is 0 Å². The fraction of sp³-hybridized carbons (Fsp3) is 0.238. The second kappa shape index (κ2) is 9.93. The second-order valence-electron chi connectivity index (χ2n) is 6.69. The van der Waals surface area contributed by atoms with Crippen molar-refractivity contribution < 1.29 is 17.9 Å². The van der Waals surface area contributed by atoms with Crippen molar-refractivity contribution in [2.75, 3.05) is 17.9 Å². The third kappa shape index (κ3) is 6.08. The zero-order valence-corrected chi connectivity index (χ0v) is 17.4. The van der Waals surface area contributed by atoms with Crippen LogP contribution in [0.1, 0.15) is 12.0 Å². The molecule has 1 amide bonds. The van der Waals surface area contributed by atoms with Crippen molar-refractivity contribution >= 4 is 21.6 Å². The molecule has 0 aliphatic heterocycles. The number of imidazole rings is 1. The summed E-state index contributed by atoms with van der Waals surface area (Å²) < 4.78 is 35.1. The third-order valence-electron chi connectivity index (χ3n) is 4.32. The highest BCUT2D eigenvalue weighted by Gasteiger charge is 2.16. The molecule has 0 unspecified atom stereocenters. The Balaban J connectivity index is 1.49. The molecule has 0 radical (unpaired) electrons. The summed E-state index contributed by atoms with van der Waals surface area (Å²) in [5, 5.41) is 2.79. The summed E-state index contributed by atoms with van der Waals surface area (Å²) >= 11 is 0. The van der Waals surface area contributed by atoms with Gasteiger partial charge in [0.05, 0.1) is 11.2 Å². The maximum Gasteiger partial charge on any atom is 0.261 e. The van der Waals surface area contributed by atoms with Crippen LogP contribution in [0.15, 0.2) is 72.1 Å². The molecule has 158 valence electrons.